The van der Waals surface area contributed by atoms with E-state index in [9.17, 15) is 4.79 Å². The summed E-state index contributed by atoms with van der Waals surface area (Å²) in [5.41, 5.74) is -0.00875. The SMILES string of the molecule is O=C(COC1CCOC2(CCN(C3CCC3)CC2)C1)N1CCOCC1. The minimum atomic E-state index is -0.00875. The first kappa shape index (κ1) is 17.7. The number of ether oxygens (including phenoxy) is 3. The number of carbonyl (C=O) groups is 1. The molecule has 4 fully saturated rings. The first-order chi connectivity index (χ1) is 12.2. The lowest BCUT2D eigenvalue weighted by Crippen LogP contribution is -2.54. The van der Waals surface area contributed by atoms with E-state index >= 15 is 0 Å². The lowest BCUT2D eigenvalue weighted by atomic mass is 9.81. The van der Waals surface area contributed by atoms with Gasteiger partial charge in [-0.3, -0.25) is 4.79 Å². The molecule has 1 unspecified atom stereocenters. The highest BCUT2D eigenvalue weighted by Crippen LogP contribution is 2.38. The van der Waals surface area contributed by atoms with Crippen LogP contribution in [-0.2, 0) is 19.0 Å². The summed E-state index contributed by atoms with van der Waals surface area (Å²) in [5.74, 6) is 0.101. The third-order valence-electron chi connectivity index (χ3n) is 6.55. The van der Waals surface area contributed by atoms with Crippen molar-refractivity contribution in [3.8, 4) is 0 Å². The smallest absolute Gasteiger partial charge is 0.248 e. The summed E-state index contributed by atoms with van der Waals surface area (Å²) in [6.07, 6.45) is 8.39. The van der Waals surface area contributed by atoms with Crippen LogP contribution in [0.1, 0.15) is 44.9 Å². The number of nitrogens with zero attached hydrogens (tertiary/aromatic N) is 2. The Bertz CT molecular complexity index is 454. The highest BCUT2D eigenvalue weighted by Gasteiger charge is 2.42. The lowest BCUT2D eigenvalue weighted by molar-refractivity contribution is -0.167. The molecule has 1 aliphatic carbocycles. The number of hydrogen-bond donors (Lipinski definition) is 0. The highest BCUT2D eigenvalue weighted by atomic mass is 16.5. The molecule has 3 saturated heterocycles. The fraction of sp³-hybridized carbons (Fsp3) is 0.947. The van der Waals surface area contributed by atoms with Crippen LogP contribution in [0.3, 0.4) is 0 Å². The largest absolute Gasteiger partial charge is 0.378 e. The molecule has 4 aliphatic rings. The maximum Gasteiger partial charge on any atom is 0.248 e. The van der Waals surface area contributed by atoms with Crippen molar-refractivity contribution >= 4 is 5.91 Å². The zero-order chi connectivity index (χ0) is 17.1. The van der Waals surface area contributed by atoms with Crippen LogP contribution < -0.4 is 0 Å². The molecule has 4 rings (SSSR count). The third-order valence-corrected chi connectivity index (χ3v) is 6.55. The second-order valence-corrected chi connectivity index (χ2v) is 8.07. The van der Waals surface area contributed by atoms with Gasteiger partial charge in [0.05, 0.1) is 24.9 Å². The van der Waals surface area contributed by atoms with Crippen LogP contribution in [0.4, 0.5) is 0 Å². The van der Waals surface area contributed by atoms with Gasteiger partial charge in [-0.05, 0) is 32.1 Å². The Balaban J connectivity index is 1.23. The molecule has 142 valence electrons. The number of amides is 1. The predicted octanol–water partition coefficient (Wildman–Crippen LogP) is 1.43. The summed E-state index contributed by atoms with van der Waals surface area (Å²) >= 11 is 0. The van der Waals surface area contributed by atoms with E-state index in [1.165, 1.54) is 19.3 Å². The number of hydrogen-bond acceptors (Lipinski definition) is 5. The van der Waals surface area contributed by atoms with Gasteiger partial charge in [-0.2, -0.15) is 0 Å². The van der Waals surface area contributed by atoms with Gasteiger partial charge in [0.2, 0.25) is 5.91 Å². The average Bonchev–Trinajstić information content (AvgIpc) is 2.61. The Morgan fingerprint density at radius 1 is 1.04 bits per heavy atom. The minimum absolute atomic E-state index is 0.00875. The van der Waals surface area contributed by atoms with Crippen LogP contribution in [0.2, 0.25) is 0 Å². The van der Waals surface area contributed by atoms with Gasteiger partial charge in [0.25, 0.3) is 0 Å². The quantitative estimate of drug-likeness (QED) is 0.766. The van der Waals surface area contributed by atoms with Gasteiger partial charge < -0.3 is 24.0 Å². The van der Waals surface area contributed by atoms with Gasteiger partial charge in [0.1, 0.15) is 6.61 Å². The van der Waals surface area contributed by atoms with Crippen molar-refractivity contribution in [1.29, 1.82) is 0 Å². The van der Waals surface area contributed by atoms with E-state index in [4.69, 9.17) is 14.2 Å². The predicted molar refractivity (Wildman–Crippen MR) is 93.5 cm³/mol. The molecule has 1 spiro atoms. The van der Waals surface area contributed by atoms with Gasteiger partial charge in [0, 0.05) is 45.2 Å². The van der Waals surface area contributed by atoms with Crippen molar-refractivity contribution in [3.63, 3.8) is 0 Å². The molecule has 3 heterocycles. The van der Waals surface area contributed by atoms with E-state index in [0.717, 1.165) is 51.4 Å². The van der Waals surface area contributed by atoms with E-state index in [2.05, 4.69) is 4.90 Å². The molecule has 0 aromatic carbocycles. The molecular weight excluding hydrogens is 320 g/mol. The molecule has 0 bridgehead atoms. The molecule has 1 amide bonds. The number of rotatable bonds is 4. The second-order valence-electron chi connectivity index (χ2n) is 8.07. The molecule has 25 heavy (non-hydrogen) atoms. The number of morpholine rings is 1. The topological polar surface area (TPSA) is 51.2 Å². The standard InChI is InChI=1S/C19H32N2O4/c22-18(21-9-12-23-13-10-21)15-24-17-4-11-25-19(14-17)5-7-20(8-6-19)16-2-1-3-16/h16-17H,1-15H2. The van der Waals surface area contributed by atoms with Crippen molar-refractivity contribution in [2.24, 2.45) is 0 Å². The first-order valence-electron chi connectivity index (χ1n) is 10.1. The Morgan fingerprint density at radius 3 is 2.48 bits per heavy atom. The number of piperidine rings is 1. The van der Waals surface area contributed by atoms with Crippen LogP contribution >= 0.6 is 0 Å². The van der Waals surface area contributed by atoms with Crippen molar-refractivity contribution in [1.82, 2.24) is 9.80 Å². The fourth-order valence-electron chi connectivity index (χ4n) is 4.62. The summed E-state index contributed by atoms with van der Waals surface area (Å²) in [5, 5.41) is 0. The molecule has 0 aromatic rings. The van der Waals surface area contributed by atoms with Gasteiger partial charge in [-0.15, -0.1) is 0 Å². The van der Waals surface area contributed by atoms with Gasteiger partial charge in [-0.25, -0.2) is 0 Å². The van der Waals surface area contributed by atoms with Crippen molar-refractivity contribution in [2.45, 2.75) is 62.7 Å². The molecule has 0 radical (unpaired) electrons. The highest BCUT2D eigenvalue weighted by molar-refractivity contribution is 5.77. The lowest BCUT2D eigenvalue weighted by Gasteiger charge is -2.49. The molecule has 1 saturated carbocycles. The van der Waals surface area contributed by atoms with E-state index in [1.807, 2.05) is 4.90 Å². The van der Waals surface area contributed by atoms with E-state index in [0.29, 0.717) is 26.3 Å². The zero-order valence-corrected chi connectivity index (χ0v) is 15.3. The summed E-state index contributed by atoms with van der Waals surface area (Å²) in [6, 6.07) is 0.833. The molecule has 3 aliphatic heterocycles. The Morgan fingerprint density at radius 2 is 1.80 bits per heavy atom. The Hall–Kier alpha value is -0.690. The van der Waals surface area contributed by atoms with Crippen molar-refractivity contribution in [3.05, 3.63) is 0 Å². The van der Waals surface area contributed by atoms with Crippen LogP contribution in [0.5, 0.6) is 0 Å². The summed E-state index contributed by atoms with van der Waals surface area (Å²) in [7, 11) is 0. The van der Waals surface area contributed by atoms with E-state index in [1.54, 1.807) is 0 Å². The van der Waals surface area contributed by atoms with Gasteiger partial charge in [-0.1, -0.05) is 6.42 Å². The maximum atomic E-state index is 12.3. The molecule has 6 heteroatoms. The van der Waals surface area contributed by atoms with Crippen LogP contribution in [0, 0.1) is 0 Å². The monoisotopic (exact) mass is 352 g/mol. The molecule has 1 atom stereocenters. The zero-order valence-electron chi connectivity index (χ0n) is 15.3. The second kappa shape index (κ2) is 7.91. The fourth-order valence-corrected chi connectivity index (χ4v) is 4.62. The van der Waals surface area contributed by atoms with Gasteiger partial charge >= 0.3 is 0 Å². The van der Waals surface area contributed by atoms with E-state index < -0.39 is 0 Å². The molecule has 0 aromatic heterocycles. The maximum absolute atomic E-state index is 12.3. The summed E-state index contributed by atoms with van der Waals surface area (Å²) < 4.78 is 17.5. The number of carbonyl (C=O) groups excluding carboxylic acids is 1. The molecular formula is C19H32N2O4. The summed E-state index contributed by atoms with van der Waals surface area (Å²) in [4.78, 5) is 16.8. The normalized spacial score (nSPS) is 31.0. The van der Waals surface area contributed by atoms with Crippen LogP contribution in [0.15, 0.2) is 0 Å². The first-order valence-corrected chi connectivity index (χ1v) is 10.1. The van der Waals surface area contributed by atoms with Gasteiger partial charge in [0.15, 0.2) is 0 Å². The Kier molecular flexibility index (Phi) is 5.60. The summed E-state index contributed by atoms with van der Waals surface area (Å²) in [6.45, 7) is 5.95. The molecule has 0 N–H and O–H groups in total. The average molecular weight is 352 g/mol. The van der Waals surface area contributed by atoms with Crippen LogP contribution in [-0.4, -0.2) is 86.1 Å². The van der Waals surface area contributed by atoms with Crippen LogP contribution in [0.25, 0.3) is 0 Å². The van der Waals surface area contributed by atoms with Crippen molar-refractivity contribution in [2.75, 3.05) is 52.6 Å². The number of likely N-dealkylation sites (tertiary alicyclic amines) is 1. The third kappa shape index (κ3) is 4.18. The van der Waals surface area contributed by atoms with Crippen molar-refractivity contribution < 1.29 is 19.0 Å². The Labute approximate surface area is 150 Å². The van der Waals surface area contributed by atoms with E-state index in [-0.39, 0.29) is 24.2 Å². The molecule has 6 nitrogen and oxygen atoms in total. The minimum Gasteiger partial charge on any atom is -0.378 e.